The Morgan fingerprint density at radius 1 is 1.53 bits per heavy atom. The molecule has 0 aliphatic rings. The second kappa shape index (κ2) is 5.27. The Morgan fingerprint density at radius 2 is 2.18 bits per heavy atom. The number of esters is 1. The minimum absolute atomic E-state index is 0.239. The first-order valence-corrected chi connectivity index (χ1v) is 5.48. The molecule has 6 heteroatoms. The van der Waals surface area contributed by atoms with Crippen molar-refractivity contribution in [1.29, 1.82) is 0 Å². The van der Waals surface area contributed by atoms with Gasteiger partial charge in [0, 0.05) is 7.11 Å². The van der Waals surface area contributed by atoms with Crippen LogP contribution in [0, 0.1) is 0 Å². The molecule has 1 aromatic rings. The molecular formula is C11H18N2O4. The van der Waals surface area contributed by atoms with Crippen LogP contribution in [-0.2, 0) is 19.9 Å². The number of methoxy groups -OCH3 is 1. The van der Waals surface area contributed by atoms with Crippen LogP contribution in [0.3, 0.4) is 0 Å². The monoisotopic (exact) mass is 242 g/mol. The molecule has 0 saturated carbocycles. The van der Waals surface area contributed by atoms with Crippen molar-refractivity contribution in [2.45, 2.75) is 39.2 Å². The van der Waals surface area contributed by atoms with E-state index >= 15 is 0 Å². The van der Waals surface area contributed by atoms with Crippen LogP contribution in [0.4, 0.5) is 0 Å². The summed E-state index contributed by atoms with van der Waals surface area (Å²) in [4.78, 5) is 15.6. The van der Waals surface area contributed by atoms with Gasteiger partial charge in [-0.15, -0.1) is 0 Å². The maximum absolute atomic E-state index is 11.5. The number of aromatic nitrogens is 2. The highest BCUT2D eigenvalue weighted by Crippen LogP contribution is 2.23. The molecule has 6 nitrogen and oxygen atoms in total. The van der Waals surface area contributed by atoms with E-state index in [0.717, 1.165) is 0 Å². The molecule has 1 rings (SSSR count). The highest BCUT2D eigenvalue weighted by molar-refractivity contribution is 5.76. The fourth-order valence-electron chi connectivity index (χ4n) is 1.11. The van der Waals surface area contributed by atoms with Gasteiger partial charge in [-0.1, -0.05) is 5.16 Å². The number of hydrogen-bond donors (Lipinski definition) is 0. The van der Waals surface area contributed by atoms with E-state index in [1.165, 1.54) is 0 Å². The summed E-state index contributed by atoms with van der Waals surface area (Å²) >= 11 is 0. The van der Waals surface area contributed by atoms with Gasteiger partial charge in [-0.3, -0.25) is 4.79 Å². The Hall–Kier alpha value is -1.43. The van der Waals surface area contributed by atoms with Gasteiger partial charge in [-0.2, -0.15) is 4.98 Å². The van der Waals surface area contributed by atoms with Crippen LogP contribution in [0.15, 0.2) is 4.52 Å². The lowest BCUT2D eigenvalue weighted by Gasteiger charge is -2.17. The van der Waals surface area contributed by atoms with E-state index in [2.05, 4.69) is 10.1 Å². The van der Waals surface area contributed by atoms with Crippen LogP contribution in [0.2, 0.25) is 0 Å². The smallest absolute Gasteiger partial charge is 0.318 e. The molecule has 1 atom stereocenters. The zero-order chi connectivity index (χ0) is 13.1. The average Bonchev–Trinajstić information content (AvgIpc) is 2.78. The van der Waals surface area contributed by atoms with Crippen molar-refractivity contribution < 1.29 is 18.8 Å². The lowest BCUT2D eigenvalue weighted by Crippen LogP contribution is -2.21. The van der Waals surface area contributed by atoms with Crippen LogP contribution in [0.5, 0.6) is 0 Å². The first-order valence-electron chi connectivity index (χ1n) is 5.48. The van der Waals surface area contributed by atoms with E-state index in [1.807, 2.05) is 13.8 Å². The number of ether oxygens (including phenoxy) is 2. The lowest BCUT2D eigenvalue weighted by atomic mass is 10.1. The molecule has 1 heterocycles. The average molecular weight is 242 g/mol. The normalized spacial score (nSPS) is 13.5. The molecule has 17 heavy (non-hydrogen) atoms. The molecule has 0 aliphatic carbocycles. The Labute approximate surface area is 100 Å². The quantitative estimate of drug-likeness (QED) is 0.730. The SMILES string of the molecule is CCOC(=O)C(C)c1nc(C(C)(C)OC)no1. The van der Waals surface area contributed by atoms with E-state index in [9.17, 15) is 4.79 Å². The standard InChI is InChI=1S/C11H18N2O4/c1-6-16-9(14)7(2)8-12-10(13-17-8)11(3,4)15-5/h7H,6H2,1-5H3. The number of hydrogen-bond acceptors (Lipinski definition) is 6. The number of rotatable bonds is 5. The third kappa shape index (κ3) is 3.03. The minimum atomic E-state index is -0.643. The number of carbonyl (C=O) groups is 1. The predicted molar refractivity (Wildman–Crippen MR) is 59.4 cm³/mol. The topological polar surface area (TPSA) is 74.5 Å². The molecule has 0 bridgehead atoms. The third-order valence-electron chi connectivity index (χ3n) is 2.50. The maximum atomic E-state index is 11.5. The maximum Gasteiger partial charge on any atom is 0.318 e. The molecule has 1 unspecified atom stereocenters. The van der Waals surface area contributed by atoms with Crippen LogP contribution in [0.25, 0.3) is 0 Å². The van der Waals surface area contributed by atoms with Crippen molar-refractivity contribution in [2.75, 3.05) is 13.7 Å². The molecule has 0 amide bonds. The fraction of sp³-hybridized carbons (Fsp3) is 0.727. The Morgan fingerprint density at radius 3 is 2.71 bits per heavy atom. The largest absolute Gasteiger partial charge is 0.465 e. The molecule has 0 fully saturated rings. The van der Waals surface area contributed by atoms with Crippen LogP contribution in [0.1, 0.15) is 45.3 Å². The summed E-state index contributed by atoms with van der Waals surface area (Å²) in [6, 6.07) is 0. The molecule has 96 valence electrons. The second-order valence-corrected chi connectivity index (χ2v) is 4.14. The first-order chi connectivity index (χ1) is 7.92. The number of nitrogens with zero attached hydrogens (tertiary/aromatic N) is 2. The molecule has 0 radical (unpaired) electrons. The highest BCUT2D eigenvalue weighted by Gasteiger charge is 2.29. The van der Waals surface area contributed by atoms with Crippen molar-refractivity contribution >= 4 is 5.97 Å². The lowest BCUT2D eigenvalue weighted by molar-refractivity contribution is -0.145. The summed E-state index contributed by atoms with van der Waals surface area (Å²) in [6.45, 7) is 7.37. The van der Waals surface area contributed by atoms with Crippen molar-refractivity contribution in [3.05, 3.63) is 11.7 Å². The fourth-order valence-corrected chi connectivity index (χ4v) is 1.11. The van der Waals surface area contributed by atoms with E-state index in [0.29, 0.717) is 12.4 Å². The Balaban J connectivity index is 2.84. The van der Waals surface area contributed by atoms with Gasteiger partial charge in [0.25, 0.3) is 0 Å². The predicted octanol–water partition coefficient (Wildman–Crippen LogP) is 1.62. The van der Waals surface area contributed by atoms with Crippen molar-refractivity contribution in [3.63, 3.8) is 0 Å². The van der Waals surface area contributed by atoms with Gasteiger partial charge < -0.3 is 14.0 Å². The van der Waals surface area contributed by atoms with Gasteiger partial charge in [0.2, 0.25) is 11.7 Å². The summed E-state index contributed by atoms with van der Waals surface area (Å²) in [7, 11) is 1.56. The van der Waals surface area contributed by atoms with E-state index in [-0.39, 0.29) is 11.9 Å². The summed E-state index contributed by atoms with van der Waals surface area (Å²) in [5.41, 5.74) is -0.643. The van der Waals surface area contributed by atoms with Gasteiger partial charge in [0.05, 0.1) is 6.61 Å². The van der Waals surface area contributed by atoms with Gasteiger partial charge in [0.15, 0.2) is 0 Å². The van der Waals surface area contributed by atoms with Crippen LogP contribution in [-0.4, -0.2) is 29.8 Å². The van der Waals surface area contributed by atoms with Gasteiger partial charge in [0.1, 0.15) is 11.5 Å². The Bertz CT molecular complexity index is 387. The van der Waals surface area contributed by atoms with Gasteiger partial charge in [-0.05, 0) is 27.7 Å². The highest BCUT2D eigenvalue weighted by atomic mass is 16.5. The first kappa shape index (κ1) is 13.6. The minimum Gasteiger partial charge on any atom is -0.465 e. The Kier molecular flexibility index (Phi) is 4.22. The molecular weight excluding hydrogens is 224 g/mol. The van der Waals surface area contributed by atoms with Crippen LogP contribution < -0.4 is 0 Å². The van der Waals surface area contributed by atoms with Crippen LogP contribution >= 0.6 is 0 Å². The molecule has 0 spiro atoms. The summed E-state index contributed by atoms with van der Waals surface area (Å²) < 4.78 is 15.1. The second-order valence-electron chi connectivity index (χ2n) is 4.14. The van der Waals surface area contributed by atoms with Crippen molar-refractivity contribution in [2.24, 2.45) is 0 Å². The zero-order valence-corrected chi connectivity index (χ0v) is 10.8. The molecule has 0 N–H and O–H groups in total. The summed E-state index contributed by atoms with van der Waals surface area (Å²) in [5, 5.41) is 3.80. The van der Waals surface area contributed by atoms with Crippen molar-refractivity contribution in [3.8, 4) is 0 Å². The van der Waals surface area contributed by atoms with Crippen molar-refractivity contribution in [1.82, 2.24) is 10.1 Å². The third-order valence-corrected chi connectivity index (χ3v) is 2.50. The van der Waals surface area contributed by atoms with E-state index in [1.54, 1.807) is 21.0 Å². The molecule has 0 aliphatic heterocycles. The molecule has 0 saturated heterocycles. The molecule has 1 aromatic heterocycles. The summed E-state index contributed by atoms with van der Waals surface area (Å²) in [5.74, 6) is -0.295. The van der Waals surface area contributed by atoms with E-state index < -0.39 is 11.5 Å². The number of carbonyl (C=O) groups excluding carboxylic acids is 1. The van der Waals surface area contributed by atoms with E-state index in [4.69, 9.17) is 14.0 Å². The summed E-state index contributed by atoms with van der Waals surface area (Å²) in [6.07, 6.45) is 0. The van der Waals surface area contributed by atoms with Gasteiger partial charge in [-0.25, -0.2) is 0 Å². The zero-order valence-electron chi connectivity index (χ0n) is 10.8. The van der Waals surface area contributed by atoms with Gasteiger partial charge >= 0.3 is 5.97 Å². The molecule has 0 aromatic carbocycles.